The van der Waals surface area contributed by atoms with Crippen LogP contribution in [0.4, 0.5) is 28.9 Å². The molecule has 0 unspecified atom stereocenters. The fraction of sp³-hybridized carbons (Fsp3) is 0.381. The molecule has 1 aromatic carbocycles. The van der Waals surface area contributed by atoms with Gasteiger partial charge in [0.1, 0.15) is 12.6 Å². The van der Waals surface area contributed by atoms with Crippen LogP contribution in [0.2, 0.25) is 4.34 Å². The lowest BCUT2D eigenvalue weighted by Gasteiger charge is -2.28. The second-order valence-corrected chi connectivity index (χ2v) is 9.03. The first kappa shape index (κ1) is 27.6. The standard InChI is InChI=1S/C21H21ClF4N4O5S/c22-16-4-3-15(36-16)20(33)28-8-12(27-9-17(23)24)19(32)29-11-1-2-13(14(7-11)35-21(25)26)30-5-6-34-10-18(30)31/h1-4,7,12,17,21,27H,5-6,8-10H2,(H,28,33)(H,29,32)/t12-/m0/s1. The zero-order valence-corrected chi connectivity index (χ0v) is 20.0. The number of hydrogen-bond donors (Lipinski definition) is 3. The van der Waals surface area contributed by atoms with Gasteiger partial charge in [0.2, 0.25) is 5.91 Å². The largest absolute Gasteiger partial charge is 0.433 e. The number of thiophene rings is 1. The van der Waals surface area contributed by atoms with Crippen molar-refractivity contribution in [3.05, 3.63) is 39.5 Å². The van der Waals surface area contributed by atoms with Gasteiger partial charge in [0, 0.05) is 24.8 Å². The molecule has 36 heavy (non-hydrogen) atoms. The normalized spacial score (nSPS) is 14.8. The Bertz CT molecular complexity index is 1090. The number of carbonyl (C=O) groups excluding carboxylic acids is 3. The van der Waals surface area contributed by atoms with Crippen LogP contribution in [0.5, 0.6) is 5.75 Å². The summed E-state index contributed by atoms with van der Waals surface area (Å²) in [6.07, 6.45) is -2.77. The van der Waals surface area contributed by atoms with E-state index >= 15 is 0 Å². The maximum Gasteiger partial charge on any atom is 0.387 e. The van der Waals surface area contributed by atoms with E-state index in [0.717, 1.165) is 17.4 Å². The van der Waals surface area contributed by atoms with Crippen molar-refractivity contribution in [2.45, 2.75) is 19.1 Å². The molecule has 3 rings (SSSR count). The summed E-state index contributed by atoms with van der Waals surface area (Å²) in [7, 11) is 0. The van der Waals surface area contributed by atoms with E-state index in [9.17, 15) is 31.9 Å². The second-order valence-electron chi connectivity index (χ2n) is 7.31. The quantitative estimate of drug-likeness (QED) is 0.370. The Kier molecular flexibility index (Phi) is 9.87. The summed E-state index contributed by atoms with van der Waals surface area (Å²) in [5.41, 5.74) is 0.0520. The lowest BCUT2D eigenvalue weighted by atomic mass is 10.2. The molecular formula is C21H21ClF4N4O5S. The Morgan fingerprint density at radius 1 is 1.17 bits per heavy atom. The molecule has 1 saturated heterocycles. The Morgan fingerprint density at radius 3 is 2.58 bits per heavy atom. The molecule has 1 atom stereocenters. The molecule has 0 radical (unpaired) electrons. The lowest BCUT2D eigenvalue weighted by Crippen LogP contribution is -2.49. The molecule has 1 fully saturated rings. The Balaban J connectivity index is 1.74. The molecule has 0 bridgehead atoms. The van der Waals surface area contributed by atoms with Crippen molar-refractivity contribution in [2.24, 2.45) is 0 Å². The minimum Gasteiger partial charge on any atom is -0.433 e. The molecule has 1 aromatic heterocycles. The predicted octanol–water partition coefficient (Wildman–Crippen LogP) is 2.96. The zero-order chi connectivity index (χ0) is 26.2. The van der Waals surface area contributed by atoms with Crippen molar-refractivity contribution in [3.8, 4) is 5.75 Å². The summed E-state index contributed by atoms with van der Waals surface area (Å²) in [6.45, 7) is -4.33. The topological polar surface area (TPSA) is 109 Å². The maximum absolute atomic E-state index is 13.0. The van der Waals surface area contributed by atoms with Crippen molar-refractivity contribution in [1.82, 2.24) is 10.6 Å². The molecule has 0 spiro atoms. The number of nitrogens with one attached hydrogen (secondary N) is 3. The van der Waals surface area contributed by atoms with Gasteiger partial charge >= 0.3 is 6.61 Å². The zero-order valence-electron chi connectivity index (χ0n) is 18.4. The van der Waals surface area contributed by atoms with E-state index in [-0.39, 0.29) is 48.3 Å². The molecule has 0 aliphatic carbocycles. The third-order valence-corrected chi connectivity index (χ3v) is 6.05. The number of benzene rings is 1. The van der Waals surface area contributed by atoms with Crippen LogP contribution in [0.15, 0.2) is 30.3 Å². The van der Waals surface area contributed by atoms with Crippen LogP contribution in [-0.4, -0.2) is 69.6 Å². The summed E-state index contributed by atoms with van der Waals surface area (Å²) >= 11 is 6.80. The average Bonchev–Trinajstić information content (AvgIpc) is 3.25. The van der Waals surface area contributed by atoms with Gasteiger partial charge < -0.3 is 25.0 Å². The van der Waals surface area contributed by atoms with Crippen molar-refractivity contribution in [1.29, 1.82) is 0 Å². The molecule has 196 valence electrons. The maximum atomic E-state index is 13.0. The number of nitrogens with zero attached hydrogens (tertiary/aromatic N) is 1. The number of anilines is 2. The minimum atomic E-state index is -3.22. The first-order valence-corrected chi connectivity index (χ1v) is 11.7. The molecule has 0 saturated carbocycles. The first-order chi connectivity index (χ1) is 17.1. The van der Waals surface area contributed by atoms with Crippen molar-refractivity contribution in [2.75, 3.05) is 43.1 Å². The number of hydrogen-bond acceptors (Lipinski definition) is 7. The van der Waals surface area contributed by atoms with E-state index in [1.54, 1.807) is 0 Å². The third kappa shape index (κ3) is 7.78. The van der Waals surface area contributed by atoms with Crippen molar-refractivity contribution in [3.63, 3.8) is 0 Å². The van der Waals surface area contributed by atoms with Gasteiger partial charge in [0.25, 0.3) is 18.2 Å². The van der Waals surface area contributed by atoms with Crippen molar-refractivity contribution >= 4 is 52.0 Å². The summed E-state index contributed by atoms with van der Waals surface area (Å²) in [4.78, 5) is 38.6. The smallest absolute Gasteiger partial charge is 0.387 e. The fourth-order valence-corrected chi connectivity index (χ4v) is 4.17. The fourth-order valence-electron chi connectivity index (χ4n) is 3.21. The van der Waals surface area contributed by atoms with Gasteiger partial charge in [0.15, 0.2) is 5.75 Å². The molecule has 1 aliphatic rings. The highest BCUT2D eigenvalue weighted by Crippen LogP contribution is 2.33. The lowest BCUT2D eigenvalue weighted by molar-refractivity contribution is -0.125. The Morgan fingerprint density at radius 2 is 1.94 bits per heavy atom. The van der Waals surface area contributed by atoms with E-state index < -0.39 is 43.3 Å². The first-order valence-electron chi connectivity index (χ1n) is 10.5. The van der Waals surface area contributed by atoms with Gasteiger partial charge in [-0.25, -0.2) is 8.78 Å². The molecular weight excluding hydrogens is 532 g/mol. The summed E-state index contributed by atoms with van der Waals surface area (Å²) < 4.78 is 61.5. The van der Waals surface area contributed by atoms with E-state index in [2.05, 4.69) is 20.7 Å². The van der Waals surface area contributed by atoms with Gasteiger partial charge in [-0.3, -0.25) is 19.7 Å². The summed E-state index contributed by atoms with van der Waals surface area (Å²) in [5, 5.41) is 7.23. The predicted molar refractivity (Wildman–Crippen MR) is 124 cm³/mol. The van der Waals surface area contributed by atoms with E-state index in [0.29, 0.717) is 4.34 Å². The highest BCUT2D eigenvalue weighted by molar-refractivity contribution is 7.18. The molecule has 2 aromatic rings. The van der Waals surface area contributed by atoms with Gasteiger partial charge in [-0.05, 0) is 24.3 Å². The third-order valence-electron chi connectivity index (χ3n) is 4.82. The van der Waals surface area contributed by atoms with E-state index in [4.69, 9.17) is 16.3 Å². The van der Waals surface area contributed by atoms with Crippen molar-refractivity contribution < 1.29 is 41.4 Å². The molecule has 9 nitrogen and oxygen atoms in total. The molecule has 1 aliphatic heterocycles. The average molecular weight is 553 g/mol. The molecule has 3 N–H and O–H groups in total. The van der Waals surface area contributed by atoms with Gasteiger partial charge in [-0.1, -0.05) is 11.6 Å². The molecule has 2 heterocycles. The van der Waals surface area contributed by atoms with Crippen LogP contribution in [0.3, 0.4) is 0 Å². The highest BCUT2D eigenvalue weighted by Gasteiger charge is 2.26. The van der Waals surface area contributed by atoms with Crippen LogP contribution in [0.25, 0.3) is 0 Å². The number of ether oxygens (including phenoxy) is 2. The number of amides is 3. The number of carbonyl (C=O) groups is 3. The SMILES string of the molecule is O=C(NC[C@H](NCC(F)F)C(=O)Nc1ccc(N2CCOCC2=O)c(OC(F)F)c1)c1ccc(Cl)s1. The Labute approximate surface area is 211 Å². The van der Waals surface area contributed by atoms with Crippen LogP contribution in [-0.2, 0) is 14.3 Å². The number of alkyl halides is 4. The van der Waals surface area contributed by atoms with Crippen LogP contribution in [0.1, 0.15) is 9.67 Å². The number of morpholine rings is 1. The monoisotopic (exact) mass is 552 g/mol. The minimum absolute atomic E-state index is 0.000297. The van der Waals surface area contributed by atoms with Gasteiger partial charge in [-0.15, -0.1) is 11.3 Å². The van der Waals surface area contributed by atoms with Crippen LogP contribution in [0, 0.1) is 0 Å². The highest BCUT2D eigenvalue weighted by atomic mass is 35.5. The number of halogens is 5. The summed E-state index contributed by atoms with van der Waals surface area (Å²) in [5.74, 6) is -2.22. The van der Waals surface area contributed by atoms with Gasteiger partial charge in [-0.2, -0.15) is 8.78 Å². The van der Waals surface area contributed by atoms with Gasteiger partial charge in [0.05, 0.1) is 28.1 Å². The van der Waals surface area contributed by atoms with Crippen LogP contribution >= 0.6 is 22.9 Å². The summed E-state index contributed by atoms with van der Waals surface area (Å²) in [6, 6.07) is 5.41. The molecule has 15 heteroatoms. The van der Waals surface area contributed by atoms with Crippen LogP contribution < -0.4 is 25.6 Å². The van der Waals surface area contributed by atoms with E-state index in [1.165, 1.54) is 29.2 Å². The number of rotatable bonds is 11. The second kappa shape index (κ2) is 12.9. The molecule has 3 amide bonds. The van der Waals surface area contributed by atoms with E-state index in [1.807, 2.05) is 0 Å². The Hall–Kier alpha value is -2.94.